The van der Waals surface area contributed by atoms with Crippen LogP contribution in [-0.4, -0.2) is 22.4 Å². The first-order chi connectivity index (χ1) is 13.3. The molecule has 1 N–H and O–H groups in total. The van der Waals surface area contributed by atoms with Gasteiger partial charge >= 0.3 is 6.18 Å². The van der Waals surface area contributed by atoms with Crippen LogP contribution in [0.1, 0.15) is 25.0 Å². The van der Waals surface area contributed by atoms with Gasteiger partial charge in [0.15, 0.2) is 0 Å². The Morgan fingerprint density at radius 1 is 1.25 bits per heavy atom. The van der Waals surface area contributed by atoms with Crippen molar-refractivity contribution in [3.05, 3.63) is 42.2 Å². The number of anilines is 3. The first kappa shape index (κ1) is 18.2. The van der Waals surface area contributed by atoms with E-state index in [1.54, 1.807) is 17.0 Å². The molecule has 0 unspecified atom stereocenters. The second kappa shape index (κ2) is 6.48. The molecule has 1 saturated heterocycles. The van der Waals surface area contributed by atoms with Crippen LogP contribution in [0.2, 0.25) is 0 Å². The zero-order valence-electron chi connectivity index (χ0n) is 14.7. The van der Waals surface area contributed by atoms with Gasteiger partial charge < -0.3 is 10.2 Å². The second-order valence-corrected chi connectivity index (χ2v) is 6.99. The number of hydrogen-bond acceptors (Lipinski definition) is 5. The van der Waals surface area contributed by atoms with Crippen molar-refractivity contribution in [1.82, 2.24) is 9.97 Å². The third-order valence-corrected chi connectivity index (χ3v) is 5.18. The molecule has 0 spiro atoms. The van der Waals surface area contributed by atoms with Crippen LogP contribution in [0.5, 0.6) is 0 Å². The van der Waals surface area contributed by atoms with Gasteiger partial charge in [-0.1, -0.05) is 6.07 Å². The summed E-state index contributed by atoms with van der Waals surface area (Å²) in [5.41, 5.74) is -1.42. The molecule has 1 atom stereocenters. The molecule has 0 aromatic carbocycles. The van der Waals surface area contributed by atoms with E-state index in [1.165, 1.54) is 18.3 Å². The minimum Gasteiger partial charge on any atom is -0.325 e. The maximum atomic E-state index is 12.9. The van der Waals surface area contributed by atoms with Gasteiger partial charge in [0.1, 0.15) is 22.7 Å². The summed E-state index contributed by atoms with van der Waals surface area (Å²) in [6.07, 6.45) is -0.831. The first-order valence-electron chi connectivity index (χ1n) is 8.84. The van der Waals surface area contributed by atoms with E-state index in [0.29, 0.717) is 18.7 Å². The van der Waals surface area contributed by atoms with E-state index in [0.717, 1.165) is 18.9 Å². The molecule has 2 fully saturated rings. The number of alkyl halides is 3. The molecular formula is C19H16F3N5O. The summed E-state index contributed by atoms with van der Waals surface area (Å²) in [4.78, 5) is 22.1. The van der Waals surface area contributed by atoms with Crippen molar-refractivity contribution in [2.75, 3.05) is 16.8 Å². The largest absolute Gasteiger partial charge is 0.433 e. The fourth-order valence-corrected chi connectivity index (χ4v) is 3.58. The van der Waals surface area contributed by atoms with Gasteiger partial charge in [-0.15, -0.1) is 0 Å². The molecular weight excluding hydrogens is 371 g/mol. The van der Waals surface area contributed by atoms with Gasteiger partial charge in [-0.25, -0.2) is 9.97 Å². The summed E-state index contributed by atoms with van der Waals surface area (Å²) in [5.74, 6) is 0.158. The molecule has 4 rings (SSSR count). The van der Waals surface area contributed by atoms with E-state index in [-0.39, 0.29) is 23.5 Å². The first-order valence-corrected chi connectivity index (χ1v) is 8.84. The summed E-state index contributed by atoms with van der Waals surface area (Å²) < 4.78 is 38.5. The van der Waals surface area contributed by atoms with Crippen molar-refractivity contribution in [1.29, 1.82) is 5.26 Å². The summed E-state index contributed by atoms with van der Waals surface area (Å²) in [6, 6.07) is 8.98. The van der Waals surface area contributed by atoms with Crippen molar-refractivity contribution in [3.63, 3.8) is 0 Å². The highest BCUT2D eigenvalue weighted by atomic mass is 19.4. The van der Waals surface area contributed by atoms with Crippen molar-refractivity contribution >= 4 is 23.2 Å². The average molecular weight is 387 g/mol. The Bertz CT molecular complexity index is 967. The normalized spacial score (nSPS) is 22.2. The molecule has 0 radical (unpaired) electrons. The fourth-order valence-electron chi connectivity index (χ4n) is 3.58. The zero-order valence-corrected chi connectivity index (χ0v) is 14.7. The van der Waals surface area contributed by atoms with Crippen LogP contribution in [0.25, 0.3) is 0 Å². The maximum Gasteiger partial charge on any atom is 0.433 e. The molecule has 144 valence electrons. The van der Waals surface area contributed by atoms with E-state index in [9.17, 15) is 23.2 Å². The van der Waals surface area contributed by atoms with Gasteiger partial charge in [-0.2, -0.15) is 18.4 Å². The van der Waals surface area contributed by atoms with Gasteiger partial charge in [0.05, 0.1) is 6.07 Å². The summed E-state index contributed by atoms with van der Waals surface area (Å²) in [7, 11) is 0. The Balaban J connectivity index is 1.56. The molecule has 2 aromatic heterocycles. The smallest absolute Gasteiger partial charge is 0.325 e. The molecule has 1 aliphatic heterocycles. The number of hydrogen-bond donors (Lipinski definition) is 1. The number of nitrogens with zero attached hydrogens (tertiary/aromatic N) is 4. The van der Waals surface area contributed by atoms with Crippen molar-refractivity contribution in [2.45, 2.75) is 25.4 Å². The number of amides is 1. The number of halogens is 3. The molecule has 0 bridgehead atoms. The van der Waals surface area contributed by atoms with Crippen LogP contribution in [0.15, 0.2) is 36.5 Å². The van der Waals surface area contributed by atoms with E-state index >= 15 is 0 Å². The molecule has 2 aliphatic rings. The molecule has 28 heavy (non-hydrogen) atoms. The predicted octanol–water partition coefficient (Wildman–Crippen LogP) is 3.90. The van der Waals surface area contributed by atoms with Gasteiger partial charge in [0.25, 0.3) is 0 Å². The number of nitriles is 1. The number of rotatable bonds is 4. The lowest BCUT2D eigenvalue weighted by Crippen LogP contribution is -2.35. The van der Waals surface area contributed by atoms with Gasteiger partial charge in [-0.05, 0) is 43.4 Å². The lowest BCUT2D eigenvalue weighted by Gasteiger charge is -2.21. The molecule has 1 saturated carbocycles. The summed E-state index contributed by atoms with van der Waals surface area (Å²) >= 11 is 0. The van der Waals surface area contributed by atoms with Crippen molar-refractivity contribution < 1.29 is 18.0 Å². The third-order valence-electron chi connectivity index (χ3n) is 5.18. The lowest BCUT2D eigenvalue weighted by atomic mass is 9.83. The molecule has 1 amide bonds. The summed E-state index contributed by atoms with van der Waals surface area (Å²) in [5, 5.41) is 12.3. The Hall–Kier alpha value is -3.15. The Labute approximate surface area is 159 Å². The van der Waals surface area contributed by atoms with Gasteiger partial charge in [-0.3, -0.25) is 4.79 Å². The predicted molar refractivity (Wildman–Crippen MR) is 94.5 cm³/mol. The van der Waals surface area contributed by atoms with Gasteiger partial charge in [0, 0.05) is 24.5 Å². The lowest BCUT2D eigenvalue weighted by molar-refractivity contribution is -0.141. The number of carbonyl (C=O) groups is 1. The Kier molecular flexibility index (Phi) is 4.22. The van der Waals surface area contributed by atoms with Crippen LogP contribution >= 0.6 is 0 Å². The van der Waals surface area contributed by atoms with Crippen molar-refractivity contribution in [2.24, 2.45) is 11.3 Å². The highest BCUT2D eigenvalue weighted by Gasteiger charge is 2.56. The number of nitrogens with one attached hydrogen (secondary N) is 1. The number of carbonyl (C=O) groups excluding carboxylic acids is 1. The molecule has 3 heterocycles. The molecule has 1 aliphatic carbocycles. The van der Waals surface area contributed by atoms with E-state index in [2.05, 4.69) is 21.4 Å². The molecule has 6 nitrogen and oxygen atoms in total. The minimum absolute atomic E-state index is 0.00317. The number of aromatic nitrogens is 2. The summed E-state index contributed by atoms with van der Waals surface area (Å²) in [6.45, 7) is 0.425. The molecule has 2 aromatic rings. The van der Waals surface area contributed by atoms with E-state index in [4.69, 9.17) is 0 Å². The SMILES string of the molecule is N#C[C@@]1(C2CC2)CCN(c2ccnc(Nc3cccc(C(F)(F)F)n3)c2)C1=O. The van der Waals surface area contributed by atoms with Crippen molar-refractivity contribution in [3.8, 4) is 6.07 Å². The zero-order chi connectivity index (χ0) is 19.9. The van der Waals surface area contributed by atoms with Gasteiger partial charge in [0.2, 0.25) is 5.91 Å². The van der Waals surface area contributed by atoms with Crippen LogP contribution in [-0.2, 0) is 11.0 Å². The fraction of sp³-hybridized carbons (Fsp3) is 0.368. The van der Waals surface area contributed by atoms with Crippen LogP contribution < -0.4 is 10.2 Å². The quantitative estimate of drug-likeness (QED) is 0.861. The van der Waals surface area contributed by atoms with Crippen LogP contribution in [0.4, 0.5) is 30.5 Å². The topological polar surface area (TPSA) is 81.9 Å². The highest BCUT2D eigenvalue weighted by molar-refractivity contribution is 6.02. The highest BCUT2D eigenvalue weighted by Crippen LogP contribution is 2.51. The van der Waals surface area contributed by atoms with E-state index < -0.39 is 17.3 Å². The maximum absolute atomic E-state index is 12.9. The number of pyridine rings is 2. The van der Waals surface area contributed by atoms with Crippen LogP contribution in [0, 0.1) is 22.7 Å². The third kappa shape index (κ3) is 3.15. The average Bonchev–Trinajstić information content (AvgIpc) is 3.46. The minimum atomic E-state index is -4.54. The standard InChI is InChI=1S/C19H16F3N5O/c20-19(21,22)14-2-1-3-15(25-14)26-16-10-13(6-8-24-16)27-9-7-18(11-23,17(27)28)12-4-5-12/h1-3,6,8,10,12H,4-5,7,9H2,(H,24,25,26)/t18-/m1/s1. The molecule has 9 heteroatoms. The Morgan fingerprint density at radius 2 is 2.04 bits per heavy atom. The monoisotopic (exact) mass is 387 g/mol. The van der Waals surface area contributed by atoms with E-state index in [1.807, 2.05) is 0 Å². The Morgan fingerprint density at radius 3 is 2.71 bits per heavy atom. The van der Waals surface area contributed by atoms with Crippen LogP contribution in [0.3, 0.4) is 0 Å². The second-order valence-electron chi connectivity index (χ2n) is 6.99.